The first-order valence-corrected chi connectivity index (χ1v) is 10.3. The minimum atomic E-state index is 0.117. The molecule has 0 aliphatic carbocycles. The summed E-state index contributed by atoms with van der Waals surface area (Å²) in [6, 6.07) is 6.54. The number of fused-ring (bicyclic) bond motifs is 1. The van der Waals surface area contributed by atoms with Gasteiger partial charge in [0.2, 0.25) is 5.91 Å². The molecule has 148 valence electrons. The van der Waals surface area contributed by atoms with Crippen molar-refractivity contribution in [2.24, 2.45) is 0 Å². The van der Waals surface area contributed by atoms with Gasteiger partial charge in [-0.15, -0.1) is 0 Å². The molecule has 1 aromatic carbocycles. The fourth-order valence-corrected chi connectivity index (χ4v) is 4.03. The molecule has 1 fully saturated rings. The van der Waals surface area contributed by atoms with Crippen LogP contribution in [0.15, 0.2) is 18.2 Å². The molecule has 2 N–H and O–H groups in total. The molecular formula is C21H33N4O2+. The molecule has 27 heavy (non-hydrogen) atoms. The summed E-state index contributed by atoms with van der Waals surface area (Å²) in [4.78, 5) is 30.2. The number of anilines is 1. The van der Waals surface area contributed by atoms with Gasteiger partial charge in [-0.3, -0.25) is 9.59 Å². The summed E-state index contributed by atoms with van der Waals surface area (Å²) < 4.78 is 0. The van der Waals surface area contributed by atoms with Gasteiger partial charge in [0.05, 0.1) is 32.7 Å². The number of piperazine rings is 1. The van der Waals surface area contributed by atoms with Crippen LogP contribution < -0.4 is 15.1 Å². The zero-order chi connectivity index (χ0) is 19.2. The molecule has 0 unspecified atom stereocenters. The van der Waals surface area contributed by atoms with Gasteiger partial charge in [0.25, 0.3) is 5.91 Å². The van der Waals surface area contributed by atoms with Crippen molar-refractivity contribution < 1.29 is 14.5 Å². The Kier molecular flexibility index (Phi) is 6.72. The van der Waals surface area contributed by atoms with Gasteiger partial charge in [0.15, 0.2) is 6.54 Å². The zero-order valence-corrected chi connectivity index (χ0v) is 16.7. The Labute approximate surface area is 162 Å². The number of aryl methyl sites for hydroxylation is 2. The average molecular weight is 374 g/mol. The normalized spacial score (nSPS) is 17.6. The largest absolute Gasteiger partial charge is 0.362 e. The van der Waals surface area contributed by atoms with E-state index in [1.165, 1.54) is 21.7 Å². The molecule has 2 aliphatic rings. The van der Waals surface area contributed by atoms with E-state index in [1.807, 2.05) is 4.90 Å². The Morgan fingerprint density at radius 2 is 1.96 bits per heavy atom. The average Bonchev–Trinajstić information content (AvgIpc) is 2.67. The third kappa shape index (κ3) is 5.22. The first-order valence-electron chi connectivity index (χ1n) is 10.3. The van der Waals surface area contributed by atoms with Crippen LogP contribution in [0.4, 0.5) is 5.69 Å². The van der Waals surface area contributed by atoms with Crippen molar-refractivity contribution in [3.63, 3.8) is 0 Å². The van der Waals surface area contributed by atoms with Crippen molar-refractivity contribution in [1.82, 2.24) is 10.2 Å². The van der Waals surface area contributed by atoms with E-state index < -0.39 is 0 Å². The van der Waals surface area contributed by atoms with Crippen LogP contribution in [0.5, 0.6) is 0 Å². The molecule has 0 radical (unpaired) electrons. The van der Waals surface area contributed by atoms with Crippen molar-refractivity contribution in [2.75, 3.05) is 57.3 Å². The summed E-state index contributed by atoms with van der Waals surface area (Å²) in [5.41, 5.74) is 3.86. The Morgan fingerprint density at radius 1 is 1.19 bits per heavy atom. The molecule has 3 rings (SSSR count). The number of rotatable bonds is 6. The smallest absolute Gasteiger partial charge is 0.275 e. The molecule has 1 saturated heterocycles. The zero-order valence-electron chi connectivity index (χ0n) is 16.7. The van der Waals surface area contributed by atoms with E-state index >= 15 is 0 Å². The molecule has 0 atom stereocenters. The van der Waals surface area contributed by atoms with Crippen molar-refractivity contribution >= 4 is 17.5 Å². The van der Waals surface area contributed by atoms with E-state index in [0.717, 1.165) is 58.5 Å². The maximum absolute atomic E-state index is 12.8. The molecule has 0 saturated carbocycles. The Morgan fingerprint density at radius 3 is 2.70 bits per heavy atom. The van der Waals surface area contributed by atoms with E-state index in [1.54, 1.807) is 0 Å². The standard InChI is InChI=1S/C21H32N4O2/c1-3-8-22-20(26)15-23-10-12-24(13-11-23)21(27)16-25-9-4-5-18-14-17(2)6-7-19(18)25/h6-7,14H,3-5,8-13,15-16H2,1-2H3,(H,22,26)/p+1. The van der Waals surface area contributed by atoms with E-state index in [-0.39, 0.29) is 11.8 Å². The van der Waals surface area contributed by atoms with Crippen molar-refractivity contribution in [2.45, 2.75) is 33.1 Å². The van der Waals surface area contributed by atoms with Gasteiger partial charge in [-0.05, 0) is 37.8 Å². The highest BCUT2D eigenvalue weighted by Crippen LogP contribution is 2.27. The lowest BCUT2D eigenvalue weighted by atomic mass is 9.99. The van der Waals surface area contributed by atoms with Crippen molar-refractivity contribution in [3.05, 3.63) is 29.3 Å². The van der Waals surface area contributed by atoms with Gasteiger partial charge in [-0.25, -0.2) is 0 Å². The highest BCUT2D eigenvalue weighted by molar-refractivity contribution is 5.82. The number of benzene rings is 1. The SMILES string of the molecule is CCCNC(=O)C[NH+]1CCN(C(=O)CN2CCCc3cc(C)ccc32)CC1. The van der Waals surface area contributed by atoms with Gasteiger partial charge in [0.1, 0.15) is 0 Å². The number of quaternary nitrogens is 1. The molecule has 2 aliphatic heterocycles. The Hall–Kier alpha value is -2.08. The van der Waals surface area contributed by atoms with Gasteiger partial charge in [-0.1, -0.05) is 24.6 Å². The first-order chi connectivity index (χ1) is 13.1. The van der Waals surface area contributed by atoms with E-state index in [0.29, 0.717) is 13.1 Å². The third-order valence-electron chi connectivity index (χ3n) is 5.58. The maximum Gasteiger partial charge on any atom is 0.275 e. The van der Waals surface area contributed by atoms with Crippen molar-refractivity contribution in [1.29, 1.82) is 0 Å². The minimum absolute atomic E-state index is 0.117. The number of nitrogens with one attached hydrogen (secondary N) is 2. The molecule has 6 nitrogen and oxygen atoms in total. The second-order valence-electron chi connectivity index (χ2n) is 7.81. The van der Waals surface area contributed by atoms with E-state index in [2.05, 4.69) is 42.3 Å². The van der Waals surface area contributed by atoms with Gasteiger partial charge < -0.3 is 20.0 Å². The van der Waals surface area contributed by atoms with Gasteiger partial charge in [-0.2, -0.15) is 0 Å². The fraction of sp³-hybridized carbons (Fsp3) is 0.619. The van der Waals surface area contributed by atoms with Crippen LogP contribution in [-0.2, 0) is 16.0 Å². The molecule has 6 heteroatoms. The highest BCUT2D eigenvalue weighted by Gasteiger charge is 2.27. The first kappa shape index (κ1) is 19.7. The summed E-state index contributed by atoms with van der Waals surface area (Å²) in [7, 11) is 0. The molecule has 1 aromatic rings. The van der Waals surface area contributed by atoms with E-state index in [9.17, 15) is 9.59 Å². The fourth-order valence-electron chi connectivity index (χ4n) is 4.03. The summed E-state index contributed by atoms with van der Waals surface area (Å²) >= 11 is 0. The molecule has 2 heterocycles. The topological polar surface area (TPSA) is 57.1 Å². The monoisotopic (exact) mass is 373 g/mol. The number of carbonyl (C=O) groups is 2. The number of nitrogens with zero attached hydrogens (tertiary/aromatic N) is 2. The van der Waals surface area contributed by atoms with Crippen LogP contribution in [0.3, 0.4) is 0 Å². The minimum Gasteiger partial charge on any atom is -0.362 e. The van der Waals surface area contributed by atoms with Crippen LogP contribution in [0.25, 0.3) is 0 Å². The molecule has 0 bridgehead atoms. The lowest BCUT2D eigenvalue weighted by Crippen LogP contribution is -3.15. The lowest BCUT2D eigenvalue weighted by Gasteiger charge is -2.35. The summed E-state index contributed by atoms with van der Waals surface area (Å²) in [6.45, 7) is 10.0. The lowest BCUT2D eigenvalue weighted by molar-refractivity contribution is -0.896. The summed E-state index contributed by atoms with van der Waals surface area (Å²) in [6.07, 6.45) is 3.17. The molecule has 2 amide bonds. The second kappa shape index (κ2) is 9.22. The summed E-state index contributed by atoms with van der Waals surface area (Å²) in [5, 5.41) is 2.93. The summed E-state index contributed by atoms with van der Waals surface area (Å²) in [5.74, 6) is 0.324. The predicted molar refractivity (Wildman–Crippen MR) is 107 cm³/mol. The predicted octanol–water partition coefficient (Wildman–Crippen LogP) is 0.000920. The van der Waals surface area contributed by atoms with Gasteiger partial charge >= 0.3 is 0 Å². The van der Waals surface area contributed by atoms with Crippen LogP contribution in [0, 0.1) is 6.92 Å². The Balaban J connectivity index is 1.49. The number of hydrogen-bond acceptors (Lipinski definition) is 3. The van der Waals surface area contributed by atoms with Crippen LogP contribution in [0.1, 0.15) is 30.9 Å². The number of carbonyl (C=O) groups excluding carboxylic acids is 2. The van der Waals surface area contributed by atoms with Crippen LogP contribution in [0.2, 0.25) is 0 Å². The van der Waals surface area contributed by atoms with Crippen LogP contribution in [-0.4, -0.2) is 69.1 Å². The Bertz CT molecular complexity index is 668. The van der Waals surface area contributed by atoms with Gasteiger partial charge in [0, 0.05) is 18.8 Å². The second-order valence-corrected chi connectivity index (χ2v) is 7.81. The molecular weight excluding hydrogens is 340 g/mol. The van der Waals surface area contributed by atoms with Crippen LogP contribution >= 0.6 is 0 Å². The van der Waals surface area contributed by atoms with Crippen molar-refractivity contribution in [3.8, 4) is 0 Å². The number of amides is 2. The van der Waals surface area contributed by atoms with E-state index in [4.69, 9.17) is 0 Å². The third-order valence-corrected chi connectivity index (χ3v) is 5.58. The quantitative estimate of drug-likeness (QED) is 0.738. The molecule has 0 aromatic heterocycles. The maximum atomic E-state index is 12.8. The molecule has 0 spiro atoms. The highest BCUT2D eigenvalue weighted by atomic mass is 16.2. The number of hydrogen-bond donors (Lipinski definition) is 2.